The van der Waals surface area contributed by atoms with Crippen LogP contribution in [-0.2, 0) is 9.59 Å². The summed E-state index contributed by atoms with van der Waals surface area (Å²) in [4.78, 5) is 35.4. The zero-order valence-electron chi connectivity index (χ0n) is 18.4. The Kier molecular flexibility index (Phi) is 7.04. The van der Waals surface area contributed by atoms with Gasteiger partial charge in [-0.05, 0) is 43.5 Å². The van der Waals surface area contributed by atoms with E-state index in [0.29, 0.717) is 26.1 Å². The third-order valence-electron chi connectivity index (χ3n) is 5.94. The summed E-state index contributed by atoms with van der Waals surface area (Å²) < 4.78 is 5.65. The second-order valence-electron chi connectivity index (χ2n) is 8.20. The van der Waals surface area contributed by atoms with Gasteiger partial charge in [-0.15, -0.1) is 0 Å². The van der Waals surface area contributed by atoms with E-state index >= 15 is 0 Å². The third-order valence-corrected chi connectivity index (χ3v) is 5.94. The highest BCUT2D eigenvalue weighted by Crippen LogP contribution is 2.22. The van der Waals surface area contributed by atoms with Crippen molar-refractivity contribution in [2.45, 2.75) is 38.6 Å². The van der Waals surface area contributed by atoms with Crippen molar-refractivity contribution < 1.29 is 14.3 Å². The van der Waals surface area contributed by atoms with Gasteiger partial charge in [-0.1, -0.05) is 37.3 Å². The predicted octanol–water partition coefficient (Wildman–Crippen LogP) is 3.84. The quantitative estimate of drug-likeness (QED) is 0.564. The molecule has 168 valence electrons. The van der Waals surface area contributed by atoms with E-state index < -0.39 is 0 Å². The summed E-state index contributed by atoms with van der Waals surface area (Å²) in [5, 5.41) is 3.14. The lowest BCUT2D eigenvalue weighted by Crippen LogP contribution is -2.46. The van der Waals surface area contributed by atoms with Gasteiger partial charge < -0.3 is 19.9 Å². The van der Waals surface area contributed by atoms with Gasteiger partial charge in [0.05, 0.1) is 36.0 Å². The number of H-pyrrole nitrogens is 1. The number of carbonyl (C=O) groups excluding carboxylic acids is 2. The maximum absolute atomic E-state index is 13.0. The van der Waals surface area contributed by atoms with Crippen LogP contribution in [0.4, 0.5) is 0 Å². The van der Waals surface area contributed by atoms with Gasteiger partial charge in [-0.2, -0.15) is 0 Å². The van der Waals surface area contributed by atoms with Crippen LogP contribution in [0, 0.1) is 5.92 Å². The minimum atomic E-state index is -0.207. The summed E-state index contributed by atoms with van der Waals surface area (Å²) in [5.41, 5.74) is 1.85. The summed E-state index contributed by atoms with van der Waals surface area (Å²) in [6.07, 6.45) is 2.65. The Hall–Kier alpha value is -3.35. The van der Waals surface area contributed by atoms with Crippen LogP contribution in [0.25, 0.3) is 11.0 Å². The molecule has 2 N–H and O–H groups in total. The average molecular weight is 435 g/mol. The first-order valence-corrected chi connectivity index (χ1v) is 11.3. The standard InChI is InChI=1S/C25H30N4O3/c1-2-20(24-26-21-12-6-7-13-22(21)27-24)28-25(31)18-9-8-15-29(17-18)23(30)14-16-32-19-10-4-3-5-11-19/h3-7,10-13,18,20H,2,8-9,14-17H2,1H3,(H,26,27)(H,28,31). The third kappa shape index (κ3) is 5.28. The molecule has 1 aliphatic heterocycles. The summed E-state index contributed by atoms with van der Waals surface area (Å²) in [6.45, 7) is 3.50. The van der Waals surface area contributed by atoms with Gasteiger partial charge in [0, 0.05) is 13.1 Å². The van der Waals surface area contributed by atoms with Gasteiger partial charge >= 0.3 is 0 Å². The van der Waals surface area contributed by atoms with Crippen molar-refractivity contribution >= 4 is 22.8 Å². The number of rotatable bonds is 8. The van der Waals surface area contributed by atoms with Crippen molar-refractivity contribution in [2.24, 2.45) is 5.92 Å². The molecule has 2 aromatic carbocycles. The summed E-state index contributed by atoms with van der Waals surface area (Å²) in [6, 6.07) is 17.1. The van der Waals surface area contributed by atoms with E-state index in [1.165, 1.54) is 0 Å². The number of ether oxygens (including phenoxy) is 1. The molecule has 4 rings (SSSR count). The smallest absolute Gasteiger partial charge is 0.226 e. The molecular formula is C25H30N4O3. The maximum atomic E-state index is 13.0. The molecular weight excluding hydrogens is 404 g/mol. The van der Waals surface area contributed by atoms with Gasteiger partial charge in [-0.3, -0.25) is 9.59 Å². The van der Waals surface area contributed by atoms with Gasteiger partial charge in [-0.25, -0.2) is 4.98 Å². The van der Waals surface area contributed by atoms with Gasteiger partial charge in [0.25, 0.3) is 0 Å². The number of benzene rings is 2. The van der Waals surface area contributed by atoms with Gasteiger partial charge in [0.1, 0.15) is 11.6 Å². The summed E-state index contributed by atoms with van der Waals surface area (Å²) in [7, 11) is 0. The molecule has 3 aromatic rings. The average Bonchev–Trinajstić information content (AvgIpc) is 3.27. The number of hydrogen-bond donors (Lipinski definition) is 2. The molecule has 0 aliphatic carbocycles. The van der Waals surface area contributed by atoms with E-state index in [1.807, 2.05) is 61.5 Å². The number of hydrogen-bond acceptors (Lipinski definition) is 4. The van der Waals surface area contributed by atoms with E-state index in [1.54, 1.807) is 4.90 Å². The van der Waals surface area contributed by atoms with Crippen LogP contribution < -0.4 is 10.1 Å². The molecule has 7 heteroatoms. The minimum Gasteiger partial charge on any atom is -0.493 e. The number of piperidine rings is 1. The fraction of sp³-hybridized carbons (Fsp3) is 0.400. The SMILES string of the molecule is CCC(NC(=O)C1CCCN(C(=O)CCOc2ccccc2)C1)c1nc2ccccc2[nH]1. The predicted molar refractivity (Wildman–Crippen MR) is 123 cm³/mol. The number of aromatic amines is 1. The first-order chi connectivity index (χ1) is 15.6. The second kappa shape index (κ2) is 10.3. The molecule has 0 radical (unpaired) electrons. The molecule has 1 aromatic heterocycles. The lowest BCUT2D eigenvalue weighted by molar-refractivity contribution is -0.136. The first kappa shape index (κ1) is 21.9. The molecule has 0 saturated carbocycles. The van der Waals surface area contributed by atoms with E-state index in [2.05, 4.69) is 15.3 Å². The number of amides is 2. The molecule has 1 fully saturated rings. The van der Waals surface area contributed by atoms with Crippen molar-refractivity contribution in [3.05, 3.63) is 60.4 Å². The summed E-state index contributed by atoms with van der Waals surface area (Å²) >= 11 is 0. The number of nitrogens with zero attached hydrogens (tertiary/aromatic N) is 2. The number of aromatic nitrogens is 2. The zero-order valence-corrected chi connectivity index (χ0v) is 18.4. The Morgan fingerprint density at radius 1 is 1.19 bits per heavy atom. The van der Waals surface area contributed by atoms with Gasteiger partial charge in [0.15, 0.2) is 0 Å². The van der Waals surface area contributed by atoms with Crippen LogP contribution in [0.5, 0.6) is 5.75 Å². The highest BCUT2D eigenvalue weighted by Gasteiger charge is 2.30. The summed E-state index contributed by atoms with van der Waals surface area (Å²) in [5.74, 6) is 1.33. The van der Waals surface area contributed by atoms with E-state index in [-0.39, 0.29) is 23.8 Å². The molecule has 2 unspecified atom stereocenters. The molecule has 2 heterocycles. The van der Waals surface area contributed by atoms with Crippen molar-refractivity contribution in [1.82, 2.24) is 20.2 Å². The van der Waals surface area contributed by atoms with Crippen LogP contribution in [0.1, 0.15) is 44.5 Å². The van der Waals surface area contributed by atoms with Crippen LogP contribution in [-0.4, -0.2) is 46.4 Å². The highest BCUT2D eigenvalue weighted by atomic mass is 16.5. The fourth-order valence-electron chi connectivity index (χ4n) is 4.14. The Morgan fingerprint density at radius 3 is 2.75 bits per heavy atom. The lowest BCUT2D eigenvalue weighted by atomic mass is 9.96. The molecule has 0 spiro atoms. The topological polar surface area (TPSA) is 87.3 Å². The number of fused-ring (bicyclic) bond motifs is 1. The van der Waals surface area contributed by atoms with E-state index in [0.717, 1.165) is 41.9 Å². The molecule has 1 saturated heterocycles. The number of imidazole rings is 1. The largest absolute Gasteiger partial charge is 0.493 e. The lowest BCUT2D eigenvalue weighted by Gasteiger charge is -2.32. The van der Waals surface area contributed by atoms with Crippen molar-refractivity contribution in [3.8, 4) is 5.75 Å². The molecule has 2 amide bonds. The van der Waals surface area contributed by atoms with Crippen molar-refractivity contribution in [1.29, 1.82) is 0 Å². The number of para-hydroxylation sites is 3. The molecule has 1 aliphatic rings. The fourth-order valence-corrected chi connectivity index (χ4v) is 4.14. The Labute approximate surface area is 188 Å². The normalized spacial score (nSPS) is 17.2. The van der Waals surface area contributed by atoms with Gasteiger partial charge in [0.2, 0.25) is 11.8 Å². The maximum Gasteiger partial charge on any atom is 0.226 e. The number of likely N-dealkylation sites (tertiary alicyclic amines) is 1. The Morgan fingerprint density at radius 2 is 1.97 bits per heavy atom. The van der Waals surface area contributed by atoms with E-state index in [9.17, 15) is 9.59 Å². The van der Waals surface area contributed by atoms with Crippen molar-refractivity contribution in [3.63, 3.8) is 0 Å². The van der Waals surface area contributed by atoms with Crippen LogP contribution in [0.15, 0.2) is 54.6 Å². The zero-order chi connectivity index (χ0) is 22.3. The van der Waals surface area contributed by atoms with Crippen LogP contribution in [0.2, 0.25) is 0 Å². The number of carbonyl (C=O) groups is 2. The van der Waals surface area contributed by atoms with Crippen molar-refractivity contribution in [2.75, 3.05) is 19.7 Å². The van der Waals surface area contributed by atoms with E-state index in [4.69, 9.17) is 4.74 Å². The number of nitrogens with one attached hydrogen (secondary N) is 2. The van der Waals surface area contributed by atoms with Crippen LogP contribution >= 0.6 is 0 Å². The Bertz CT molecular complexity index is 1020. The Balaban J connectivity index is 1.30. The molecule has 7 nitrogen and oxygen atoms in total. The molecule has 0 bridgehead atoms. The second-order valence-corrected chi connectivity index (χ2v) is 8.20. The van der Waals surface area contributed by atoms with Crippen LogP contribution in [0.3, 0.4) is 0 Å². The molecule has 32 heavy (non-hydrogen) atoms. The monoisotopic (exact) mass is 434 g/mol. The first-order valence-electron chi connectivity index (χ1n) is 11.3. The molecule has 2 atom stereocenters. The highest BCUT2D eigenvalue weighted by molar-refractivity contribution is 5.82. The minimum absolute atomic E-state index is 0.0182.